The van der Waals surface area contributed by atoms with Crippen molar-refractivity contribution in [2.45, 2.75) is 31.3 Å². The number of terminal acetylenes is 1. The average molecular weight is 321 g/mol. The summed E-state index contributed by atoms with van der Waals surface area (Å²) in [6, 6.07) is 16.4. The third-order valence-electron chi connectivity index (χ3n) is 4.69. The van der Waals surface area contributed by atoms with Crippen LogP contribution in [0.3, 0.4) is 0 Å². The van der Waals surface area contributed by atoms with Crippen LogP contribution < -0.4 is 10.1 Å². The highest BCUT2D eigenvalue weighted by atomic mass is 16.5. The molecule has 0 saturated carbocycles. The molecule has 0 aliphatic heterocycles. The Labute approximate surface area is 143 Å². The van der Waals surface area contributed by atoms with E-state index in [4.69, 9.17) is 11.2 Å². The molecular formula is C21H23NO2. The lowest BCUT2D eigenvalue weighted by atomic mass is 9.92. The van der Waals surface area contributed by atoms with Gasteiger partial charge in [0.15, 0.2) is 0 Å². The maximum Gasteiger partial charge on any atom is 0.119 e. The summed E-state index contributed by atoms with van der Waals surface area (Å²) in [5.74, 6) is 3.39. The van der Waals surface area contributed by atoms with Crippen molar-refractivity contribution in [3.05, 3.63) is 65.2 Å². The average Bonchev–Trinajstić information content (AvgIpc) is 3.01. The normalized spacial score (nSPS) is 18.8. The summed E-state index contributed by atoms with van der Waals surface area (Å²) < 4.78 is 5.56. The zero-order valence-electron chi connectivity index (χ0n) is 13.8. The molecule has 0 amide bonds. The van der Waals surface area contributed by atoms with Crippen molar-refractivity contribution in [3.8, 4) is 18.1 Å². The highest BCUT2D eigenvalue weighted by molar-refractivity contribution is 5.39. The number of fused-ring (bicyclic) bond motifs is 1. The molecule has 0 saturated heterocycles. The number of nitrogens with one attached hydrogen (secondary N) is 1. The van der Waals surface area contributed by atoms with Gasteiger partial charge < -0.3 is 15.2 Å². The van der Waals surface area contributed by atoms with E-state index in [2.05, 4.69) is 29.4 Å². The lowest BCUT2D eigenvalue weighted by molar-refractivity contribution is 0.159. The number of hydrogen-bond acceptors (Lipinski definition) is 3. The molecule has 2 aromatic rings. The van der Waals surface area contributed by atoms with Crippen LogP contribution in [0.1, 0.15) is 29.5 Å². The van der Waals surface area contributed by atoms with Crippen LogP contribution >= 0.6 is 0 Å². The molecule has 124 valence electrons. The topological polar surface area (TPSA) is 41.5 Å². The summed E-state index contributed by atoms with van der Waals surface area (Å²) in [5.41, 5.74) is 3.38. The molecule has 1 atom stereocenters. The van der Waals surface area contributed by atoms with Crippen LogP contribution in [0.5, 0.6) is 5.75 Å². The van der Waals surface area contributed by atoms with E-state index in [-0.39, 0.29) is 12.1 Å². The molecule has 0 aromatic heterocycles. The van der Waals surface area contributed by atoms with E-state index in [1.165, 1.54) is 11.1 Å². The van der Waals surface area contributed by atoms with Gasteiger partial charge in [0.25, 0.3) is 0 Å². The fourth-order valence-electron chi connectivity index (χ4n) is 3.29. The number of aliphatic hydroxyl groups is 1. The molecule has 0 radical (unpaired) electrons. The first-order chi connectivity index (χ1) is 11.8. The van der Waals surface area contributed by atoms with Gasteiger partial charge in [-0.05, 0) is 41.7 Å². The molecule has 3 rings (SSSR count). The standard InChI is InChI=1S/C21H23NO2/c1-2-3-14-24-19-10-8-17(9-11-19)15-22-21(16-23)13-12-18-6-4-5-7-20(18)21/h1,4-11,22-23H,3,12-16H2. The Morgan fingerprint density at radius 2 is 1.96 bits per heavy atom. The fourth-order valence-corrected chi connectivity index (χ4v) is 3.29. The summed E-state index contributed by atoms with van der Waals surface area (Å²) in [6.45, 7) is 1.36. The van der Waals surface area contributed by atoms with E-state index in [1.807, 2.05) is 30.3 Å². The molecule has 3 heteroatoms. The Morgan fingerprint density at radius 1 is 1.17 bits per heavy atom. The van der Waals surface area contributed by atoms with E-state index in [0.717, 1.165) is 24.2 Å². The predicted molar refractivity (Wildman–Crippen MR) is 95.8 cm³/mol. The molecule has 2 aromatic carbocycles. The van der Waals surface area contributed by atoms with Gasteiger partial charge in [-0.2, -0.15) is 0 Å². The zero-order chi connectivity index (χ0) is 16.8. The van der Waals surface area contributed by atoms with Crippen LogP contribution in [0.2, 0.25) is 0 Å². The minimum Gasteiger partial charge on any atom is -0.493 e. The molecule has 0 bridgehead atoms. The van der Waals surface area contributed by atoms with Crippen LogP contribution in [-0.2, 0) is 18.5 Å². The Kier molecular flexibility index (Phi) is 5.20. The third-order valence-corrected chi connectivity index (χ3v) is 4.69. The van der Waals surface area contributed by atoms with E-state index in [9.17, 15) is 5.11 Å². The third kappa shape index (κ3) is 3.46. The van der Waals surface area contributed by atoms with Crippen LogP contribution in [-0.4, -0.2) is 18.3 Å². The zero-order valence-corrected chi connectivity index (χ0v) is 13.8. The molecule has 1 unspecified atom stereocenters. The number of rotatable bonds is 7. The molecule has 2 N–H and O–H groups in total. The smallest absolute Gasteiger partial charge is 0.119 e. The number of hydrogen-bond donors (Lipinski definition) is 2. The maximum absolute atomic E-state index is 10.0. The minimum absolute atomic E-state index is 0.108. The molecule has 24 heavy (non-hydrogen) atoms. The summed E-state index contributed by atoms with van der Waals surface area (Å²) >= 11 is 0. The van der Waals surface area contributed by atoms with Crippen molar-refractivity contribution in [2.24, 2.45) is 0 Å². The van der Waals surface area contributed by atoms with Crippen LogP contribution in [0, 0.1) is 12.3 Å². The second-order valence-corrected chi connectivity index (χ2v) is 6.20. The number of aryl methyl sites for hydroxylation is 1. The first-order valence-electron chi connectivity index (χ1n) is 8.37. The summed E-state index contributed by atoms with van der Waals surface area (Å²) in [5, 5.41) is 13.6. The van der Waals surface area contributed by atoms with Gasteiger partial charge in [-0.3, -0.25) is 0 Å². The van der Waals surface area contributed by atoms with Crippen molar-refractivity contribution >= 4 is 0 Å². The molecule has 3 nitrogen and oxygen atoms in total. The Hall–Kier alpha value is -2.28. The summed E-state index contributed by atoms with van der Waals surface area (Å²) in [7, 11) is 0. The minimum atomic E-state index is -0.335. The molecule has 0 heterocycles. The van der Waals surface area contributed by atoms with Gasteiger partial charge in [-0.15, -0.1) is 12.3 Å². The van der Waals surface area contributed by atoms with Crippen molar-refractivity contribution in [2.75, 3.05) is 13.2 Å². The predicted octanol–water partition coefficient (Wildman–Crippen LogP) is 3.01. The van der Waals surface area contributed by atoms with Gasteiger partial charge in [-0.1, -0.05) is 36.4 Å². The van der Waals surface area contributed by atoms with Crippen LogP contribution in [0.15, 0.2) is 48.5 Å². The van der Waals surface area contributed by atoms with E-state index >= 15 is 0 Å². The van der Waals surface area contributed by atoms with Gasteiger partial charge in [0.2, 0.25) is 0 Å². The summed E-state index contributed by atoms with van der Waals surface area (Å²) in [4.78, 5) is 0. The van der Waals surface area contributed by atoms with Gasteiger partial charge in [0, 0.05) is 13.0 Å². The largest absolute Gasteiger partial charge is 0.493 e. The van der Waals surface area contributed by atoms with E-state index < -0.39 is 0 Å². The SMILES string of the molecule is C#CCCOc1ccc(CNC2(CO)CCc3ccccc32)cc1. The molecular weight excluding hydrogens is 298 g/mol. The van der Waals surface area contributed by atoms with Crippen molar-refractivity contribution in [1.82, 2.24) is 5.32 Å². The number of aliphatic hydroxyl groups excluding tert-OH is 1. The maximum atomic E-state index is 10.0. The first kappa shape index (κ1) is 16.6. The van der Waals surface area contributed by atoms with Crippen LogP contribution in [0.4, 0.5) is 0 Å². The van der Waals surface area contributed by atoms with Crippen molar-refractivity contribution < 1.29 is 9.84 Å². The second-order valence-electron chi connectivity index (χ2n) is 6.20. The van der Waals surface area contributed by atoms with Gasteiger partial charge in [-0.25, -0.2) is 0 Å². The molecule has 0 spiro atoms. The number of benzene rings is 2. The first-order valence-corrected chi connectivity index (χ1v) is 8.37. The van der Waals surface area contributed by atoms with Gasteiger partial charge >= 0.3 is 0 Å². The van der Waals surface area contributed by atoms with Crippen LogP contribution in [0.25, 0.3) is 0 Å². The lowest BCUT2D eigenvalue weighted by Gasteiger charge is -2.30. The van der Waals surface area contributed by atoms with E-state index in [0.29, 0.717) is 19.6 Å². The molecule has 1 aliphatic carbocycles. The quantitative estimate of drug-likeness (QED) is 0.608. The fraction of sp³-hybridized carbons (Fsp3) is 0.333. The Balaban J connectivity index is 1.64. The van der Waals surface area contributed by atoms with Crippen molar-refractivity contribution in [3.63, 3.8) is 0 Å². The second kappa shape index (κ2) is 7.53. The molecule has 0 fully saturated rings. The van der Waals surface area contributed by atoms with E-state index in [1.54, 1.807) is 0 Å². The van der Waals surface area contributed by atoms with Crippen molar-refractivity contribution in [1.29, 1.82) is 0 Å². The highest BCUT2D eigenvalue weighted by Gasteiger charge is 2.37. The Bertz CT molecular complexity index is 717. The number of ether oxygens (including phenoxy) is 1. The Morgan fingerprint density at radius 3 is 2.71 bits per heavy atom. The van der Waals surface area contributed by atoms with Gasteiger partial charge in [0.05, 0.1) is 18.8 Å². The lowest BCUT2D eigenvalue weighted by Crippen LogP contribution is -2.43. The van der Waals surface area contributed by atoms with Gasteiger partial charge in [0.1, 0.15) is 5.75 Å². The molecule has 1 aliphatic rings. The monoisotopic (exact) mass is 321 g/mol. The summed E-state index contributed by atoms with van der Waals surface area (Å²) in [6.07, 6.45) is 7.76. The highest BCUT2D eigenvalue weighted by Crippen LogP contribution is 2.36.